The summed E-state index contributed by atoms with van der Waals surface area (Å²) in [4.78, 5) is 11.9. The zero-order valence-corrected chi connectivity index (χ0v) is 11.9. The molecule has 0 heterocycles. The van der Waals surface area contributed by atoms with Gasteiger partial charge in [-0.15, -0.1) is 0 Å². The van der Waals surface area contributed by atoms with Gasteiger partial charge in [0.15, 0.2) is 0 Å². The highest BCUT2D eigenvalue weighted by molar-refractivity contribution is 6.33. The second kappa shape index (κ2) is 8.02. The van der Waals surface area contributed by atoms with Crippen LogP contribution in [-0.2, 0) is 0 Å². The number of amides is 1. The van der Waals surface area contributed by atoms with Gasteiger partial charge in [-0.25, -0.2) is 0 Å². The monoisotopic (exact) mass is 284 g/mol. The summed E-state index contributed by atoms with van der Waals surface area (Å²) < 4.78 is 0. The molecule has 5 heteroatoms. The van der Waals surface area contributed by atoms with Crippen molar-refractivity contribution in [2.45, 2.75) is 26.2 Å². The summed E-state index contributed by atoms with van der Waals surface area (Å²) in [6.07, 6.45) is 2.73. The molecule has 0 saturated heterocycles. The maximum absolute atomic E-state index is 11.9. The van der Waals surface area contributed by atoms with Crippen molar-refractivity contribution in [1.82, 2.24) is 5.32 Å². The molecule has 0 aromatic heterocycles. The molecule has 0 fully saturated rings. The van der Waals surface area contributed by atoms with Crippen LogP contribution in [0.1, 0.15) is 36.5 Å². The van der Waals surface area contributed by atoms with E-state index in [2.05, 4.69) is 12.2 Å². The molecular weight excluding hydrogens is 264 g/mol. The van der Waals surface area contributed by atoms with Gasteiger partial charge in [-0.3, -0.25) is 4.79 Å². The molecule has 0 aliphatic rings. The molecule has 0 aliphatic carbocycles. The maximum atomic E-state index is 11.9. The van der Waals surface area contributed by atoms with E-state index in [-0.39, 0.29) is 12.5 Å². The van der Waals surface area contributed by atoms with E-state index in [1.54, 1.807) is 18.2 Å². The van der Waals surface area contributed by atoms with Crippen LogP contribution in [0.4, 0.5) is 5.69 Å². The third-order valence-electron chi connectivity index (χ3n) is 3.04. The minimum atomic E-state index is -0.164. The molecule has 0 saturated carbocycles. The number of nitrogen functional groups attached to an aromatic ring is 1. The molecule has 19 heavy (non-hydrogen) atoms. The topological polar surface area (TPSA) is 75.3 Å². The summed E-state index contributed by atoms with van der Waals surface area (Å²) in [7, 11) is 0. The molecule has 4 nitrogen and oxygen atoms in total. The molecule has 4 N–H and O–H groups in total. The van der Waals surface area contributed by atoms with Gasteiger partial charge in [-0.05, 0) is 37.0 Å². The molecule has 1 aromatic carbocycles. The maximum Gasteiger partial charge on any atom is 0.251 e. The SMILES string of the molecule is CCCC(CCO)CNC(=O)c1ccc(Cl)c(N)c1. The van der Waals surface area contributed by atoms with Crippen molar-refractivity contribution < 1.29 is 9.90 Å². The number of rotatable bonds is 7. The predicted octanol–water partition coefficient (Wildman–Crippen LogP) is 2.45. The zero-order valence-electron chi connectivity index (χ0n) is 11.2. The number of aliphatic hydroxyl groups excluding tert-OH is 1. The number of benzene rings is 1. The van der Waals surface area contributed by atoms with Gasteiger partial charge >= 0.3 is 0 Å². The van der Waals surface area contributed by atoms with Crippen LogP contribution in [0.15, 0.2) is 18.2 Å². The van der Waals surface area contributed by atoms with Crippen molar-refractivity contribution in [3.63, 3.8) is 0 Å². The van der Waals surface area contributed by atoms with E-state index in [4.69, 9.17) is 22.4 Å². The highest BCUT2D eigenvalue weighted by atomic mass is 35.5. The fourth-order valence-corrected chi connectivity index (χ4v) is 2.08. The van der Waals surface area contributed by atoms with E-state index in [0.29, 0.717) is 35.2 Å². The van der Waals surface area contributed by atoms with Gasteiger partial charge < -0.3 is 16.2 Å². The van der Waals surface area contributed by atoms with Crippen LogP contribution >= 0.6 is 11.6 Å². The average molecular weight is 285 g/mol. The molecule has 0 spiro atoms. The standard InChI is InChI=1S/C14H21ClN2O2/c1-2-3-10(6-7-18)9-17-14(19)11-4-5-12(15)13(16)8-11/h4-5,8,10,18H,2-3,6-7,9,16H2,1H3,(H,17,19). The summed E-state index contributed by atoms with van der Waals surface area (Å²) in [5, 5.41) is 12.3. The fraction of sp³-hybridized carbons (Fsp3) is 0.500. The van der Waals surface area contributed by atoms with Crippen LogP contribution in [0.5, 0.6) is 0 Å². The summed E-state index contributed by atoms with van der Waals surface area (Å²) >= 11 is 5.81. The normalized spacial score (nSPS) is 12.2. The van der Waals surface area contributed by atoms with E-state index < -0.39 is 0 Å². The van der Waals surface area contributed by atoms with Crippen LogP contribution in [0.3, 0.4) is 0 Å². The van der Waals surface area contributed by atoms with E-state index in [9.17, 15) is 4.79 Å². The lowest BCUT2D eigenvalue weighted by atomic mass is 10.00. The second-order valence-corrected chi connectivity index (χ2v) is 5.02. The largest absolute Gasteiger partial charge is 0.398 e. The van der Waals surface area contributed by atoms with Crippen LogP contribution in [0.2, 0.25) is 5.02 Å². The minimum absolute atomic E-state index is 0.147. The van der Waals surface area contributed by atoms with Gasteiger partial charge in [0.05, 0.1) is 10.7 Å². The van der Waals surface area contributed by atoms with Gasteiger partial charge in [0, 0.05) is 18.7 Å². The molecular formula is C14H21ClN2O2. The Bertz CT molecular complexity index is 418. The lowest BCUT2D eigenvalue weighted by Crippen LogP contribution is -2.29. The summed E-state index contributed by atoms with van der Waals surface area (Å²) in [6.45, 7) is 2.80. The molecule has 1 amide bonds. The van der Waals surface area contributed by atoms with Crippen LogP contribution in [0, 0.1) is 5.92 Å². The fourth-order valence-electron chi connectivity index (χ4n) is 1.96. The first-order chi connectivity index (χ1) is 9.08. The predicted molar refractivity (Wildman–Crippen MR) is 78.3 cm³/mol. The first kappa shape index (κ1) is 15.8. The van der Waals surface area contributed by atoms with Crippen LogP contribution in [-0.4, -0.2) is 24.2 Å². The van der Waals surface area contributed by atoms with E-state index in [0.717, 1.165) is 12.8 Å². The van der Waals surface area contributed by atoms with E-state index >= 15 is 0 Å². The summed E-state index contributed by atoms with van der Waals surface area (Å²) in [5.74, 6) is 0.144. The number of nitrogens with one attached hydrogen (secondary N) is 1. The van der Waals surface area contributed by atoms with Gasteiger partial charge in [0.25, 0.3) is 5.91 Å². The Kier molecular flexibility index (Phi) is 6.67. The first-order valence-corrected chi connectivity index (χ1v) is 6.90. The molecule has 0 aliphatic heterocycles. The molecule has 0 radical (unpaired) electrons. The Morgan fingerprint density at radius 1 is 1.47 bits per heavy atom. The van der Waals surface area contributed by atoms with E-state index in [1.807, 2.05) is 0 Å². The Morgan fingerprint density at radius 2 is 2.21 bits per heavy atom. The number of carbonyl (C=O) groups is 1. The lowest BCUT2D eigenvalue weighted by Gasteiger charge is -2.15. The average Bonchev–Trinajstić information content (AvgIpc) is 2.39. The number of nitrogens with two attached hydrogens (primary N) is 1. The minimum Gasteiger partial charge on any atom is -0.398 e. The molecule has 1 rings (SSSR count). The Labute approximate surface area is 118 Å². The van der Waals surface area contributed by atoms with Crippen molar-refractivity contribution in [2.24, 2.45) is 5.92 Å². The summed E-state index contributed by atoms with van der Waals surface area (Å²) in [6, 6.07) is 4.83. The highest BCUT2D eigenvalue weighted by Gasteiger charge is 2.11. The zero-order chi connectivity index (χ0) is 14.3. The molecule has 1 atom stereocenters. The van der Waals surface area contributed by atoms with Gasteiger partial charge in [0.1, 0.15) is 0 Å². The Balaban J connectivity index is 2.56. The van der Waals surface area contributed by atoms with Crippen LogP contribution < -0.4 is 11.1 Å². The van der Waals surface area contributed by atoms with Gasteiger partial charge in [-0.2, -0.15) is 0 Å². The Hall–Kier alpha value is -1.26. The van der Waals surface area contributed by atoms with Gasteiger partial charge in [0.2, 0.25) is 0 Å². The smallest absolute Gasteiger partial charge is 0.251 e. The molecule has 1 unspecified atom stereocenters. The van der Waals surface area contributed by atoms with Crippen molar-refractivity contribution in [1.29, 1.82) is 0 Å². The first-order valence-electron chi connectivity index (χ1n) is 6.52. The third-order valence-corrected chi connectivity index (χ3v) is 3.39. The number of halogens is 1. The third kappa shape index (κ3) is 5.09. The lowest BCUT2D eigenvalue weighted by molar-refractivity contribution is 0.0943. The van der Waals surface area contributed by atoms with Crippen molar-refractivity contribution in [2.75, 3.05) is 18.9 Å². The molecule has 106 valence electrons. The summed E-state index contributed by atoms with van der Waals surface area (Å²) in [5.41, 5.74) is 6.56. The van der Waals surface area contributed by atoms with Crippen molar-refractivity contribution in [3.8, 4) is 0 Å². The number of hydrogen-bond acceptors (Lipinski definition) is 3. The number of hydrogen-bond donors (Lipinski definition) is 3. The van der Waals surface area contributed by atoms with Crippen molar-refractivity contribution in [3.05, 3.63) is 28.8 Å². The number of carbonyl (C=O) groups excluding carboxylic acids is 1. The highest BCUT2D eigenvalue weighted by Crippen LogP contribution is 2.19. The Morgan fingerprint density at radius 3 is 2.79 bits per heavy atom. The van der Waals surface area contributed by atoms with Gasteiger partial charge in [-0.1, -0.05) is 24.9 Å². The van der Waals surface area contributed by atoms with Crippen molar-refractivity contribution >= 4 is 23.2 Å². The quantitative estimate of drug-likeness (QED) is 0.673. The molecule has 0 bridgehead atoms. The molecule has 1 aromatic rings. The van der Waals surface area contributed by atoms with E-state index in [1.165, 1.54) is 0 Å². The number of anilines is 1. The second-order valence-electron chi connectivity index (χ2n) is 4.61. The number of aliphatic hydroxyl groups is 1. The van der Waals surface area contributed by atoms with Crippen LogP contribution in [0.25, 0.3) is 0 Å².